The van der Waals surface area contributed by atoms with Gasteiger partial charge in [-0.1, -0.05) is 50.8 Å². The van der Waals surface area contributed by atoms with Crippen molar-refractivity contribution >= 4 is 5.69 Å². The van der Waals surface area contributed by atoms with E-state index in [9.17, 15) is 0 Å². The van der Waals surface area contributed by atoms with Crippen molar-refractivity contribution in [1.29, 1.82) is 0 Å². The predicted octanol–water partition coefficient (Wildman–Crippen LogP) is 3.66. The highest BCUT2D eigenvalue weighted by atomic mass is 14.9. The molecule has 0 aliphatic heterocycles. The average Bonchev–Trinajstić information content (AvgIpc) is 2.38. The van der Waals surface area contributed by atoms with E-state index in [1.165, 1.54) is 37.8 Å². The molecule has 0 aliphatic carbocycles. The topological polar surface area (TPSA) is 24.1 Å². The van der Waals surface area contributed by atoms with E-state index in [1.807, 2.05) is 6.07 Å². The van der Waals surface area contributed by atoms with Gasteiger partial charge in [0.25, 0.3) is 0 Å². The van der Waals surface area contributed by atoms with Crippen LogP contribution in [0.3, 0.4) is 0 Å². The molecule has 0 aromatic heterocycles. The first kappa shape index (κ1) is 14.0. The monoisotopic (exact) mass is 234 g/mol. The molecule has 0 atom stereocenters. The Kier molecular flexibility index (Phi) is 8.39. The molecule has 96 valence electrons. The van der Waals surface area contributed by atoms with Gasteiger partial charge in [0.2, 0.25) is 0 Å². The van der Waals surface area contributed by atoms with Gasteiger partial charge in [-0.05, 0) is 25.1 Å². The van der Waals surface area contributed by atoms with E-state index in [2.05, 4.69) is 41.8 Å². The van der Waals surface area contributed by atoms with Crippen LogP contribution in [0, 0.1) is 0 Å². The van der Waals surface area contributed by atoms with E-state index < -0.39 is 0 Å². The maximum atomic E-state index is 3.47. The predicted molar refractivity (Wildman–Crippen MR) is 76.6 cm³/mol. The Hall–Kier alpha value is -1.02. The van der Waals surface area contributed by atoms with E-state index in [0.717, 1.165) is 19.6 Å². The minimum absolute atomic E-state index is 0.999. The maximum Gasteiger partial charge on any atom is 0.0340 e. The molecule has 0 unspecified atom stereocenters. The van der Waals surface area contributed by atoms with Crippen LogP contribution in [0.25, 0.3) is 0 Å². The van der Waals surface area contributed by atoms with Gasteiger partial charge in [-0.15, -0.1) is 0 Å². The number of nitrogens with one attached hydrogen (secondary N) is 2. The summed E-state index contributed by atoms with van der Waals surface area (Å²) in [6.07, 6.45) is 6.78. The van der Waals surface area contributed by atoms with E-state index in [0.29, 0.717) is 0 Å². The molecule has 0 heterocycles. The van der Waals surface area contributed by atoms with Crippen LogP contribution in [0.15, 0.2) is 30.3 Å². The summed E-state index contributed by atoms with van der Waals surface area (Å²) in [5.74, 6) is 0. The van der Waals surface area contributed by atoms with Crippen LogP contribution in [-0.4, -0.2) is 19.6 Å². The number of benzene rings is 1. The zero-order chi connectivity index (χ0) is 12.2. The zero-order valence-electron chi connectivity index (χ0n) is 11.0. The summed E-state index contributed by atoms with van der Waals surface area (Å²) in [6.45, 7) is 5.45. The molecule has 0 fully saturated rings. The first-order valence-corrected chi connectivity index (χ1v) is 6.93. The zero-order valence-corrected chi connectivity index (χ0v) is 11.0. The molecule has 1 aromatic carbocycles. The molecule has 0 spiro atoms. The second kappa shape index (κ2) is 10.2. The van der Waals surface area contributed by atoms with Gasteiger partial charge in [0.15, 0.2) is 0 Å². The lowest BCUT2D eigenvalue weighted by molar-refractivity contribution is 0.589. The van der Waals surface area contributed by atoms with Gasteiger partial charge in [-0.3, -0.25) is 0 Å². The first-order valence-electron chi connectivity index (χ1n) is 6.93. The number of rotatable bonds is 10. The third kappa shape index (κ3) is 7.81. The molecule has 1 aromatic rings. The lowest BCUT2D eigenvalue weighted by atomic mass is 10.1. The molecule has 0 saturated heterocycles. The molecule has 17 heavy (non-hydrogen) atoms. The van der Waals surface area contributed by atoms with Gasteiger partial charge in [-0.25, -0.2) is 0 Å². The van der Waals surface area contributed by atoms with Gasteiger partial charge in [0.05, 0.1) is 0 Å². The van der Waals surface area contributed by atoms with Gasteiger partial charge in [-0.2, -0.15) is 0 Å². The normalized spacial score (nSPS) is 10.4. The van der Waals surface area contributed by atoms with Crippen molar-refractivity contribution in [1.82, 2.24) is 5.32 Å². The fourth-order valence-electron chi connectivity index (χ4n) is 1.83. The molecular formula is C15H26N2. The molecule has 0 amide bonds. The molecule has 0 bridgehead atoms. The van der Waals surface area contributed by atoms with Crippen LogP contribution >= 0.6 is 0 Å². The Balaban J connectivity index is 1.85. The molecular weight excluding hydrogens is 208 g/mol. The van der Waals surface area contributed by atoms with Crippen molar-refractivity contribution in [2.24, 2.45) is 0 Å². The number of anilines is 1. The molecule has 0 aliphatic rings. The average molecular weight is 234 g/mol. The number of unbranched alkanes of at least 4 members (excludes halogenated alkanes) is 4. The van der Waals surface area contributed by atoms with Crippen molar-refractivity contribution < 1.29 is 0 Å². The Morgan fingerprint density at radius 1 is 0.824 bits per heavy atom. The summed E-state index contributed by atoms with van der Waals surface area (Å²) in [7, 11) is 0. The summed E-state index contributed by atoms with van der Waals surface area (Å²) in [6, 6.07) is 10.4. The smallest absolute Gasteiger partial charge is 0.0340 e. The third-order valence-electron chi connectivity index (χ3n) is 2.86. The third-order valence-corrected chi connectivity index (χ3v) is 2.86. The summed E-state index contributed by atoms with van der Waals surface area (Å²) >= 11 is 0. The first-order chi connectivity index (χ1) is 8.43. The Labute approximate surface area is 106 Å². The lowest BCUT2D eigenvalue weighted by Crippen LogP contribution is -2.23. The Morgan fingerprint density at radius 2 is 1.59 bits per heavy atom. The fourth-order valence-corrected chi connectivity index (χ4v) is 1.83. The SMILES string of the molecule is CCCCCCCNCCNc1ccccc1. The van der Waals surface area contributed by atoms with Crippen LogP contribution in [0.4, 0.5) is 5.69 Å². The Morgan fingerprint density at radius 3 is 2.35 bits per heavy atom. The van der Waals surface area contributed by atoms with Gasteiger partial charge in [0, 0.05) is 18.8 Å². The quantitative estimate of drug-likeness (QED) is 0.604. The molecule has 0 saturated carbocycles. The minimum Gasteiger partial charge on any atom is -0.384 e. The van der Waals surface area contributed by atoms with Crippen molar-refractivity contribution in [2.45, 2.75) is 39.0 Å². The van der Waals surface area contributed by atoms with Crippen LogP contribution < -0.4 is 10.6 Å². The summed E-state index contributed by atoms with van der Waals surface area (Å²) in [5, 5.41) is 6.86. The molecule has 2 heteroatoms. The van der Waals surface area contributed by atoms with Crippen LogP contribution in [0.2, 0.25) is 0 Å². The summed E-state index contributed by atoms with van der Waals surface area (Å²) in [5.41, 5.74) is 1.21. The molecule has 2 nitrogen and oxygen atoms in total. The van der Waals surface area contributed by atoms with Crippen molar-refractivity contribution in [3.05, 3.63) is 30.3 Å². The number of hydrogen-bond acceptors (Lipinski definition) is 2. The van der Waals surface area contributed by atoms with E-state index >= 15 is 0 Å². The number of hydrogen-bond donors (Lipinski definition) is 2. The summed E-state index contributed by atoms with van der Waals surface area (Å²) in [4.78, 5) is 0. The Bertz CT molecular complexity index is 259. The highest BCUT2D eigenvalue weighted by Crippen LogP contribution is 2.03. The van der Waals surface area contributed by atoms with Gasteiger partial charge in [0.1, 0.15) is 0 Å². The minimum atomic E-state index is 0.999. The largest absolute Gasteiger partial charge is 0.384 e. The standard InChI is InChI=1S/C15H26N2/c1-2-3-4-5-9-12-16-13-14-17-15-10-7-6-8-11-15/h6-8,10-11,16-17H,2-5,9,12-14H2,1H3. The van der Waals surface area contributed by atoms with Crippen LogP contribution in [0.1, 0.15) is 39.0 Å². The second-order valence-electron chi connectivity index (χ2n) is 4.46. The highest BCUT2D eigenvalue weighted by Gasteiger charge is 1.91. The van der Waals surface area contributed by atoms with Crippen LogP contribution in [0.5, 0.6) is 0 Å². The second-order valence-corrected chi connectivity index (χ2v) is 4.46. The number of para-hydroxylation sites is 1. The van der Waals surface area contributed by atoms with E-state index in [4.69, 9.17) is 0 Å². The van der Waals surface area contributed by atoms with Crippen molar-refractivity contribution in [3.63, 3.8) is 0 Å². The van der Waals surface area contributed by atoms with Crippen molar-refractivity contribution in [2.75, 3.05) is 25.0 Å². The highest BCUT2D eigenvalue weighted by molar-refractivity contribution is 5.42. The summed E-state index contributed by atoms with van der Waals surface area (Å²) < 4.78 is 0. The molecule has 1 rings (SSSR count). The lowest BCUT2D eigenvalue weighted by Gasteiger charge is -2.07. The fraction of sp³-hybridized carbons (Fsp3) is 0.600. The van der Waals surface area contributed by atoms with Gasteiger partial charge < -0.3 is 10.6 Å². The van der Waals surface area contributed by atoms with Crippen LogP contribution in [-0.2, 0) is 0 Å². The maximum absolute atomic E-state index is 3.47. The van der Waals surface area contributed by atoms with E-state index in [1.54, 1.807) is 0 Å². The van der Waals surface area contributed by atoms with E-state index in [-0.39, 0.29) is 0 Å². The van der Waals surface area contributed by atoms with Gasteiger partial charge >= 0.3 is 0 Å². The van der Waals surface area contributed by atoms with Crippen molar-refractivity contribution in [3.8, 4) is 0 Å². The molecule has 0 radical (unpaired) electrons. The molecule has 2 N–H and O–H groups in total.